The number of hydrogen-bond acceptors (Lipinski definition) is 4. The average Bonchev–Trinajstić information content (AvgIpc) is 3.37. The molecule has 2 N–H and O–H groups in total. The van der Waals surface area contributed by atoms with E-state index < -0.39 is 0 Å². The highest BCUT2D eigenvalue weighted by atomic mass is 16.3. The number of nitrogens with one attached hydrogen (secondary N) is 2. The monoisotopic (exact) mass is 397 g/mol. The van der Waals surface area contributed by atoms with Gasteiger partial charge in [0.2, 0.25) is 11.8 Å². The molecular formula is C22H31N5O2. The number of amides is 1. The number of aromatic nitrogens is 1. The highest BCUT2D eigenvalue weighted by molar-refractivity contribution is 5.79. The Morgan fingerprint density at radius 3 is 2.76 bits per heavy atom. The van der Waals surface area contributed by atoms with Crippen molar-refractivity contribution in [1.82, 2.24) is 20.5 Å². The third-order valence-corrected chi connectivity index (χ3v) is 5.30. The van der Waals surface area contributed by atoms with Gasteiger partial charge in [-0.05, 0) is 38.3 Å². The molecule has 2 heterocycles. The van der Waals surface area contributed by atoms with Crippen molar-refractivity contribution in [1.29, 1.82) is 0 Å². The van der Waals surface area contributed by atoms with Gasteiger partial charge in [-0.15, -0.1) is 0 Å². The molecule has 1 unspecified atom stereocenters. The molecule has 1 fully saturated rings. The topological polar surface area (TPSA) is 82.8 Å². The van der Waals surface area contributed by atoms with Crippen LogP contribution in [0, 0.1) is 6.92 Å². The summed E-state index contributed by atoms with van der Waals surface area (Å²) in [4.78, 5) is 22.8. The van der Waals surface area contributed by atoms with E-state index in [0.29, 0.717) is 30.9 Å². The summed E-state index contributed by atoms with van der Waals surface area (Å²) in [6.45, 7) is 6.37. The SMILES string of the molecule is CCC(CCNC(=NC)NCc1coc(-c2ccc(C)cc2)n1)N1CCCC1=O. The second-order valence-electron chi connectivity index (χ2n) is 7.40. The van der Waals surface area contributed by atoms with Crippen molar-refractivity contribution in [3.8, 4) is 11.5 Å². The van der Waals surface area contributed by atoms with E-state index in [0.717, 1.165) is 43.6 Å². The Kier molecular flexibility index (Phi) is 7.27. The van der Waals surface area contributed by atoms with E-state index in [1.807, 2.05) is 29.2 Å². The first-order chi connectivity index (χ1) is 14.1. The summed E-state index contributed by atoms with van der Waals surface area (Å²) in [7, 11) is 1.75. The summed E-state index contributed by atoms with van der Waals surface area (Å²) in [5, 5.41) is 6.60. The zero-order valence-corrected chi connectivity index (χ0v) is 17.6. The molecular weight excluding hydrogens is 366 g/mol. The molecule has 1 amide bonds. The first-order valence-corrected chi connectivity index (χ1v) is 10.4. The van der Waals surface area contributed by atoms with Crippen LogP contribution >= 0.6 is 0 Å². The predicted octanol–water partition coefficient (Wildman–Crippen LogP) is 3.11. The van der Waals surface area contributed by atoms with E-state index in [2.05, 4.69) is 34.5 Å². The van der Waals surface area contributed by atoms with Gasteiger partial charge in [-0.25, -0.2) is 4.98 Å². The molecule has 1 aromatic carbocycles. The number of carbonyl (C=O) groups is 1. The second kappa shape index (κ2) is 10.1. The molecule has 156 valence electrons. The Morgan fingerprint density at radius 2 is 2.10 bits per heavy atom. The van der Waals surface area contributed by atoms with Crippen molar-refractivity contribution < 1.29 is 9.21 Å². The maximum absolute atomic E-state index is 12.0. The molecule has 0 aliphatic carbocycles. The molecule has 0 saturated carbocycles. The van der Waals surface area contributed by atoms with Crippen LogP contribution in [0.1, 0.15) is 43.9 Å². The minimum absolute atomic E-state index is 0.287. The minimum Gasteiger partial charge on any atom is -0.444 e. The standard InChI is InChI=1S/C22H31N5O2/c1-4-19(27-13-5-6-20(27)28)11-12-24-22(23-3)25-14-18-15-29-21(26-18)17-9-7-16(2)8-10-17/h7-10,15,19H,4-6,11-14H2,1-3H3,(H2,23,24,25). The van der Waals surface area contributed by atoms with Crippen molar-refractivity contribution in [2.75, 3.05) is 20.1 Å². The first-order valence-electron chi connectivity index (χ1n) is 10.4. The van der Waals surface area contributed by atoms with E-state index >= 15 is 0 Å². The van der Waals surface area contributed by atoms with Gasteiger partial charge in [-0.1, -0.05) is 24.6 Å². The summed E-state index contributed by atoms with van der Waals surface area (Å²) >= 11 is 0. The van der Waals surface area contributed by atoms with Crippen LogP contribution < -0.4 is 10.6 Å². The average molecular weight is 398 g/mol. The van der Waals surface area contributed by atoms with Crippen molar-refractivity contribution in [3.63, 3.8) is 0 Å². The largest absolute Gasteiger partial charge is 0.444 e. The highest BCUT2D eigenvalue weighted by Gasteiger charge is 2.26. The van der Waals surface area contributed by atoms with Crippen LogP contribution in [0.2, 0.25) is 0 Å². The molecule has 1 aliphatic heterocycles. The molecule has 0 bridgehead atoms. The van der Waals surface area contributed by atoms with Gasteiger partial charge in [0, 0.05) is 38.2 Å². The lowest BCUT2D eigenvalue weighted by Crippen LogP contribution is -2.41. The van der Waals surface area contributed by atoms with Crippen LogP contribution in [-0.4, -0.2) is 47.9 Å². The molecule has 1 saturated heterocycles. The molecule has 0 spiro atoms. The molecule has 1 aliphatic rings. The van der Waals surface area contributed by atoms with Crippen molar-refractivity contribution >= 4 is 11.9 Å². The number of hydrogen-bond donors (Lipinski definition) is 2. The van der Waals surface area contributed by atoms with Crippen LogP contribution in [0.25, 0.3) is 11.5 Å². The van der Waals surface area contributed by atoms with Gasteiger partial charge in [0.1, 0.15) is 6.26 Å². The summed E-state index contributed by atoms with van der Waals surface area (Å²) in [5.41, 5.74) is 2.99. The first kappa shape index (κ1) is 20.9. The Bertz CT molecular complexity index is 828. The third-order valence-electron chi connectivity index (χ3n) is 5.30. The number of oxazole rings is 1. The Hall–Kier alpha value is -2.83. The van der Waals surface area contributed by atoms with Crippen LogP contribution in [0.3, 0.4) is 0 Å². The molecule has 7 heteroatoms. The van der Waals surface area contributed by atoms with Gasteiger partial charge in [-0.2, -0.15) is 0 Å². The predicted molar refractivity (Wildman–Crippen MR) is 115 cm³/mol. The van der Waals surface area contributed by atoms with Gasteiger partial charge < -0.3 is 20.0 Å². The second-order valence-corrected chi connectivity index (χ2v) is 7.40. The fourth-order valence-electron chi connectivity index (χ4n) is 3.60. The summed E-state index contributed by atoms with van der Waals surface area (Å²) in [5.74, 6) is 1.62. The molecule has 29 heavy (non-hydrogen) atoms. The molecule has 2 aromatic rings. The molecule has 7 nitrogen and oxygen atoms in total. The number of carbonyl (C=O) groups excluding carboxylic acids is 1. The Labute approximate surface area is 172 Å². The lowest BCUT2D eigenvalue weighted by atomic mass is 10.1. The molecule has 1 atom stereocenters. The lowest BCUT2D eigenvalue weighted by Gasteiger charge is -2.27. The van der Waals surface area contributed by atoms with Crippen LogP contribution in [0.5, 0.6) is 0 Å². The third kappa shape index (κ3) is 5.59. The maximum atomic E-state index is 12.0. The summed E-state index contributed by atoms with van der Waals surface area (Å²) in [6.07, 6.45) is 5.22. The number of nitrogens with zero attached hydrogens (tertiary/aromatic N) is 3. The van der Waals surface area contributed by atoms with E-state index in [1.165, 1.54) is 5.56 Å². The van der Waals surface area contributed by atoms with Gasteiger partial charge in [0.05, 0.1) is 12.2 Å². The Balaban J connectivity index is 1.46. The molecule has 3 rings (SSSR count). The van der Waals surface area contributed by atoms with Crippen LogP contribution in [0.4, 0.5) is 0 Å². The van der Waals surface area contributed by atoms with Crippen LogP contribution in [-0.2, 0) is 11.3 Å². The number of rotatable bonds is 8. The van der Waals surface area contributed by atoms with Crippen molar-refractivity contribution in [3.05, 3.63) is 41.8 Å². The van der Waals surface area contributed by atoms with Crippen molar-refractivity contribution in [2.45, 2.75) is 52.1 Å². The quantitative estimate of drug-likeness (QED) is 0.528. The van der Waals surface area contributed by atoms with Gasteiger partial charge in [0.15, 0.2) is 5.96 Å². The summed E-state index contributed by atoms with van der Waals surface area (Å²) in [6, 6.07) is 8.40. The lowest BCUT2D eigenvalue weighted by molar-refractivity contribution is -0.129. The number of aliphatic imine (C=N–C) groups is 1. The number of aryl methyl sites for hydroxylation is 1. The molecule has 0 radical (unpaired) electrons. The van der Waals surface area contributed by atoms with E-state index in [4.69, 9.17) is 4.42 Å². The smallest absolute Gasteiger partial charge is 0.226 e. The zero-order chi connectivity index (χ0) is 20.6. The number of benzene rings is 1. The fourth-order valence-corrected chi connectivity index (χ4v) is 3.60. The van der Waals surface area contributed by atoms with Gasteiger partial charge in [-0.3, -0.25) is 9.79 Å². The highest BCUT2D eigenvalue weighted by Crippen LogP contribution is 2.19. The van der Waals surface area contributed by atoms with E-state index in [9.17, 15) is 4.79 Å². The van der Waals surface area contributed by atoms with Gasteiger partial charge >= 0.3 is 0 Å². The normalized spacial score (nSPS) is 15.6. The molecule has 1 aromatic heterocycles. The summed E-state index contributed by atoms with van der Waals surface area (Å²) < 4.78 is 5.60. The van der Waals surface area contributed by atoms with E-state index in [-0.39, 0.29) is 5.91 Å². The zero-order valence-electron chi connectivity index (χ0n) is 17.6. The number of guanidine groups is 1. The van der Waals surface area contributed by atoms with Crippen LogP contribution in [0.15, 0.2) is 39.9 Å². The van der Waals surface area contributed by atoms with E-state index in [1.54, 1.807) is 13.3 Å². The minimum atomic E-state index is 0.287. The number of likely N-dealkylation sites (tertiary alicyclic amines) is 1. The Morgan fingerprint density at radius 1 is 1.31 bits per heavy atom. The van der Waals surface area contributed by atoms with Crippen molar-refractivity contribution in [2.24, 2.45) is 4.99 Å². The maximum Gasteiger partial charge on any atom is 0.226 e. The fraction of sp³-hybridized carbons (Fsp3) is 0.500. The van der Waals surface area contributed by atoms with Gasteiger partial charge in [0.25, 0.3) is 0 Å².